The standard InChI is InChI=1S/C37H47N3S/c1-30(24-25-31(2)38-4)36(28-34-19-11-7-12-20-34)40(5)32(3)16-15-23-37(41-29-35-21-13-8-14-22-35)39-27-26-33-17-9-6-10-18-33/h6-14,17-22,36,38H,1-3,15-16,23-29H2,4-5H3. The molecule has 0 bridgehead atoms. The number of benzene rings is 3. The third kappa shape index (κ3) is 11.9. The van der Waals surface area contributed by atoms with Gasteiger partial charge in [0.05, 0.1) is 11.1 Å². The molecule has 1 atom stereocenters. The summed E-state index contributed by atoms with van der Waals surface area (Å²) in [4.78, 5) is 7.40. The van der Waals surface area contributed by atoms with Gasteiger partial charge in [0.15, 0.2) is 0 Å². The molecule has 3 rings (SSSR count). The Morgan fingerprint density at radius 1 is 0.780 bits per heavy atom. The topological polar surface area (TPSA) is 27.6 Å². The maximum atomic E-state index is 5.05. The number of nitrogens with one attached hydrogen (secondary N) is 1. The van der Waals surface area contributed by atoms with E-state index in [1.165, 1.54) is 27.3 Å². The van der Waals surface area contributed by atoms with E-state index in [9.17, 15) is 0 Å². The maximum absolute atomic E-state index is 5.05. The summed E-state index contributed by atoms with van der Waals surface area (Å²) in [7, 11) is 4.10. The molecule has 0 aliphatic rings. The van der Waals surface area contributed by atoms with E-state index in [0.717, 1.165) is 68.6 Å². The third-order valence-corrected chi connectivity index (χ3v) is 8.59. The van der Waals surface area contributed by atoms with Crippen LogP contribution in [-0.2, 0) is 18.6 Å². The van der Waals surface area contributed by atoms with Crippen LogP contribution in [0.5, 0.6) is 0 Å². The molecular weight excluding hydrogens is 518 g/mol. The van der Waals surface area contributed by atoms with Crippen LogP contribution in [-0.4, -0.2) is 36.6 Å². The van der Waals surface area contributed by atoms with E-state index in [0.29, 0.717) is 0 Å². The summed E-state index contributed by atoms with van der Waals surface area (Å²) in [6, 6.07) is 32.2. The monoisotopic (exact) mass is 565 g/mol. The fourth-order valence-electron chi connectivity index (χ4n) is 4.73. The molecule has 4 heteroatoms. The molecule has 0 saturated carbocycles. The molecule has 216 valence electrons. The highest BCUT2D eigenvalue weighted by atomic mass is 32.2. The average Bonchev–Trinajstić information content (AvgIpc) is 3.02. The molecule has 0 amide bonds. The van der Waals surface area contributed by atoms with Crippen molar-refractivity contribution in [2.24, 2.45) is 4.99 Å². The number of hydrogen-bond donors (Lipinski definition) is 1. The average molecular weight is 566 g/mol. The van der Waals surface area contributed by atoms with Crippen LogP contribution in [0.1, 0.15) is 48.8 Å². The zero-order valence-corrected chi connectivity index (χ0v) is 25.8. The van der Waals surface area contributed by atoms with Gasteiger partial charge in [0.1, 0.15) is 0 Å². The van der Waals surface area contributed by atoms with Crippen molar-refractivity contribution in [3.63, 3.8) is 0 Å². The van der Waals surface area contributed by atoms with Crippen LogP contribution in [0.3, 0.4) is 0 Å². The summed E-state index contributed by atoms with van der Waals surface area (Å²) in [5.41, 5.74) is 7.39. The fraction of sp³-hybridized carbons (Fsp3) is 0.324. The number of thioether (sulfide) groups is 1. The lowest BCUT2D eigenvalue weighted by Gasteiger charge is -2.34. The van der Waals surface area contributed by atoms with Gasteiger partial charge in [-0.15, -0.1) is 11.8 Å². The molecule has 3 aromatic rings. The van der Waals surface area contributed by atoms with Crippen molar-refractivity contribution in [3.8, 4) is 0 Å². The quantitative estimate of drug-likeness (QED) is 0.0948. The minimum atomic E-state index is 0.195. The highest BCUT2D eigenvalue weighted by Crippen LogP contribution is 2.25. The Bertz CT molecular complexity index is 1230. The first-order valence-corrected chi connectivity index (χ1v) is 15.7. The molecule has 3 aromatic carbocycles. The fourth-order valence-corrected chi connectivity index (χ4v) is 5.73. The zero-order valence-electron chi connectivity index (χ0n) is 25.0. The SMILES string of the molecule is C=C(CCC(=C)C(Cc1ccccc1)N(C)C(=C)CCCC(=NCCc1ccccc1)SCc1ccccc1)NC. The largest absolute Gasteiger partial charge is 0.392 e. The summed E-state index contributed by atoms with van der Waals surface area (Å²) >= 11 is 1.87. The van der Waals surface area contributed by atoms with Crippen molar-refractivity contribution in [3.05, 3.63) is 144 Å². The maximum Gasteiger partial charge on any atom is 0.0679 e. The van der Waals surface area contributed by atoms with Gasteiger partial charge in [-0.05, 0) is 61.6 Å². The van der Waals surface area contributed by atoms with Crippen molar-refractivity contribution in [1.29, 1.82) is 0 Å². The van der Waals surface area contributed by atoms with Gasteiger partial charge in [0.25, 0.3) is 0 Å². The first kappa shape index (κ1) is 32.0. The lowest BCUT2D eigenvalue weighted by molar-refractivity contribution is 0.320. The van der Waals surface area contributed by atoms with Gasteiger partial charge in [0, 0.05) is 37.8 Å². The van der Waals surface area contributed by atoms with Gasteiger partial charge in [0.2, 0.25) is 0 Å². The summed E-state index contributed by atoms with van der Waals surface area (Å²) in [5.74, 6) is 0.947. The Balaban J connectivity index is 1.60. The van der Waals surface area contributed by atoms with E-state index in [4.69, 9.17) is 4.99 Å². The minimum Gasteiger partial charge on any atom is -0.392 e. The molecule has 0 aliphatic heterocycles. The van der Waals surface area contributed by atoms with Crippen LogP contribution in [0.2, 0.25) is 0 Å². The second-order valence-corrected chi connectivity index (χ2v) is 11.6. The van der Waals surface area contributed by atoms with Crippen LogP contribution in [0, 0.1) is 0 Å². The molecule has 0 aliphatic carbocycles. The molecular formula is C37H47N3S. The van der Waals surface area contributed by atoms with E-state index in [1.807, 2.05) is 18.8 Å². The Morgan fingerprint density at radius 2 is 1.37 bits per heavy atom. The van der Waals surface area contributed by atoms with E-state index in [-0.39, 0.29) is 6.04 Å². The summed E-state index contributed by atoms with van der Waals surface area (Å²) in [6.07, 6.45) is 6.60. The van der Waals surface area contributed by atoms with Gasteiger partial charge in [-0.2, -0.15) is 0 Å². The first-order valence-electron chi connectivity index (χ1n) is 14.7. The second kappa shape index (κ2) is 18.0. The third-order valence-electron chi connectivity index (χ3n) is 7.45. The van der Waals surface area contributed by atoms with Gasteiger partial charge >= 0.3 is 0 Å². The molecule has 1 N–H and O–H groups in total. The Hall–Kier alpha value is -3.50. The van der Waals surface area contributed by atoms with Crippen LogP contribution in [0.25, 0.3) is 0 Å². The predicted octanol–water partition coefficient (Wildman–Crippen LogP) is 8.86. The highest BCUT2D eigenvalue weighted by Gasteiger charge is 2.20. The Labute approximate surface area is 253 Å². The number of rotatable bonds is 18. The number of nitrogens with zero attached hydrogens (tertiary/aromatic N) is 2. The van der Waals surface area contributed by atoms with Crippen molar-refractivity contribution in [1.82, 2.24) is 10.2 Å². The Morgan fingerprint density at radius 3 is 1.98 bits per heavy atom. The van der Waals surface area contributed by atoms with Crippen LogP contribution in [0.15, 0.2) is 133 Å². The zero-order chi connectivity index (χ0) is 29.3. The molecule has 41 heavy (non-hydrogen) atoms. The van der Waals surface area contributed by atoms with Crippen LogP contribution >= 0.6 is 11.8 Å². The molecule has 1 unspecified atom stereocenters. The normalized spacial score (nSPS) is 12.0. The van der Waals surface area contributed by atoms with Crippen LogP contribution in [0.4, 0.5) is 0 Å². The molecule has 0 aromatic heterocycles. The van der Waals surface area contributed by atoms with E-state index < -0.39 is 0 Å². The first-order chi connectivity index (χ1) is 20.0. The Kier molecular flexibility index (Phi) is 14.1. The van der Waals surface area contributed by atoms with Crippen molar-refractivity contribution >= 4 is 16.8 Å². The molecule has 0 fully saturated rings. The number of hydrogen-bond acceptors (Lipinski definition) is 4. The van der Waals surface area contributed by atoms with Gasteiger partial charge < -0.3 is 10.2 Å². The smallest absolute Gasteiger partial charge is 0.0679 e. The summed E-state index contributed by atoms with van der Waals surface area (Å²) in [5, 5.41) is 4.40. The van der Waals surface area contributed by atoms with Crippen LogP contribution < -0.4 is 5.32 Å². The van der Waals surface area contributed by atoms with Crippen molar-refractivity contribution in [2.45, 2.75) is 56.7 Å². The predicted molar refractivity (Wildman–Crippen MR) is 181 cm³/mol. The van der Waals surface area contributed by atoms with E-state index in [1.54, 1.807) is 0 Å². The lowest BCUT2D eigenvalue weighted by Crippen LogP contribution is -2.34. The lowest BCUT2D eigenvalue weighted by atomic mass is 9.94. The number of allylic oxidation sites excluding steroid dienone is 2. The van der Waals surface area contributed by atoms with Gasteiger partial charge in [-0.3, -0.25) is 4.99 Å². The van der Waals surface area contributed by atoms with Gasteiger partial charge in [-0.1, -0.05) is 116 Å². The molecule has 0 saturated heterocycles. The molecule has 0 radical (unpaired) electrons. The van der Waals surface area contributed by atoms with E-state index in [2.05, 4.69) is 128 Å². The van der Waals surface area contributed by atoms with Crippen molar-refractivity contribution < 1.29 is 0 Å². The highest BCUT2D eigenvalue weighted by molar-refractivity contribution is 8.13. The van der Waals surface area contributed by atoms with Gasteiger partial charge in [-0.25, -0.2) is 0 Å². The second-order valence-electron chi connectivity index (χ2n) is 10.5. The molecule has 3 nitrogen and oxygen atoms in total. The molecule has 0 heterocycles. The number of aliphatic imine (C=N–C) groups is 1. The minimum absolute atomic E-state index is 0.195. The molecule has 0 spiro atoms. The number of likely N-dealkylation sites (N-methyl/N-ethyl adjacent to an activating group) is 1. The van der Waals surface area contributed by atoms with E-state index >= 15 is 0 Å². The summed E-state index contributed by atoms with van der Waals surface area (Å²) < 4.78 is 0. The van der Waals surface area contributed by atoms with Crippen molar-refractivity contribution in [2.75, 3.05) is 20.6 Å². The summed E-state index contributed by atoms with van der Waals surface area (Å²) in [6.45, 7) is 13.9.